The lowest BCUT2D eigenvalue weighted by Gasteiger charge is -2.29. The van der Waals surface area contributed by atoms with E-state index >= 15 is 0 Å². The molecule has 4 N–H and O–H groups in total. The van der Waals surface area contributed by atoms with Crippen LogP contribution < -0.4 is 11.5 Å². The molecule has 1 aromatic rings. The molecular formula is C16H26N2. The number of hydrogen-bond acceptors (Lipinski definition) is 2. The third-order valence-corrected chi connectivity index (χ3v) is 4.42. The Hall–Kier alpha value is -1.18. The van der Waals surface area contributed by atoms with Crippen LogP contribution >= 0.6 is 0 Å². The minimum Gasteiger partial charge on any atom is -0.399 e. The summed E-state index contributed by atoms with van der Waals surface area (Å²) in [6.45, 7) is 4.34. The molecule has 1 aromatic carbocycles. The Balaban J connectivity index is 2.10. The van der Waals surface area contributed by atoms with Crippen molar-refractivity contribution in [2.75, 3.05) is 11.5 Å². The monoisotopic (exact) mass is 246 g/mol. The fraction of sp³-hybridized carbons (Fsp3) is 0.625. The van der Waals surface area contributed by atoms with E-state index in [2.05, 4.69) is 19.9 Å². The van der Waals surface area contributed by atoms with Gasteiger partial charge in [0.2, 0.25) is 0 Å². The molecule has 1 aliphatic rings. The SMILES string of the molecule is CCCC1CCC(c2cc(N)cc(C)c2N)CC1. The fourth-order valence-electron chi connectivity index (χ4n) is 3.36. The Morgan fingerprint density at radius 1 is 1.11 bits per heavy atom. The van der Waals surface area contributed by atoms with Gasteiger partial charge in [-0.25, -0.2) is 0 Å². The Labute approximate surface area is 111 Å². The molecule has 0 spiro atoms. The maximum Gasteiger partial charge on any atom is 0.0380 e. The molecule has 0 unspecified atom stereocenters. The van der Waals surface area contributed by atoms with E-state index in [9.17, 15) is 0 Å². The van der Waals surface area contributed by atoms with Crippen LogP contribution in [0, 0.1) is 12.8 Å². The van der Waals surface area contributed by atoms with Gasteiger partial charge in [-0.1, -0.05) is 19.8 Å². The molecule has 2 rings (SSSR count). The van der Waals surface area contributed by atoms with Crippen LogP contribution in [0.1, 0.15) is 62.5 Å². The summed E-state index contributed by atoms with van der Waals surface area (Å²) in [6, 6.07) is 4.06. The summed E-state index contributed by atoms with van der Waals surface area (Å²) in [4.78, 5) is 0. The summed E-state index contributed by atoms with van der Waals surface area (Å²) >= 11 is 0. The van der Waals surface area contributed by atoms with Crippen LogP contribution in [0.2, 0.25) is 0 Å². The van der Waals surface area contributed by atoms with Crippen LogP contribution in [0.5, 0.6) is 0 Å². The van der Waals surface area contributed by atoms with Crippen molar-refractivity contribution >= 4 is 11.4 Å². The molecule has 100 valence electrons. The lowest BCUT2D eigenvalue weighted by Crippen LogP contribution is -2.15. The van der Waals surface area contributed by atoms with Gasteiger partial charge in [0.25, 0.3) is 0 Å². The zero-order chi connectivity index (χ0) is 13.1. The van der Waals surface area contributed by atoms with E-state index in [4.69, 9.17) is 11.5 Å². The maximum atomic E-state index is 6.22. The summed E-state index contributed by atoms with van der Waals surface area (Å²) < 4.78 is 0. The van der Waals surface area contributed by atoms with Gasteiger partial charge in [0.1, 0.15) is 0 Å². The van der Waals surface area contributed by atoms with Gasteiger partial charge >= 0.3 is 0 Å². The quantitative estimate of drug-likeness (QED) is 0.784. The summed E-state index contributed by atoms with van der Waals surface area (Å²) in [7, 11) is 0. The Morgan fingerprint density at radius 2 is 1.78 bits per heavy atom. The lowest BCUT2D eigenvalue weighted by molar-refractivity contribution is 0.308. The maximum absolute atomic E-state index is 6.22. The molecule has 0 aromatic heterocycles. The van der Waals surface area contributed by atoms with Crippen molar-refractivity contribution < 1.29 is 0 Å². The zero-order valence-electron chi connectivity index (χ0n) is 11.7. The van der Waals surface area contributed by atoms with Crippen molar-refractivity contribution in [3.63, 3.8) is 0 Å². The van der Waals surface area contributed by atoms with Gasteiger partial charge in [-0.2, -0.15) is 0 Å². The second kappa shape index (κ2) is 5.64. The molecule has 1 aliphatic carbocycles. The number of nitrogen functional groups attached to an aromatic ring is 2. The molecule has 0 radical (unpaired) electrons. The molecule has 1 saturated carbocycles. The van der Waals surface area contributed by atoms with Gasteiger partial charge in [0.15, 0.2) is 0 Å². The number of nitrogens with two attached hydrogens (primary N) is 2. The Morgan fingerprint density at radius 3 is 2.39 bits per heavy atom. The summed E-state index contributed by atoms with van der Waals surface area (Å²) in [5.74, 6) is 1.56. The third kappa shape index (κ3) is 2.80. The molecule has 0 saturated heterocycles. The van der Waals surface area contributed by atoms with E-state index in [1.807, 2.05) is 6.07 Å². The highest BCUT2D eigenvalue weighted by molar-refractivity contribution is 5.61. The first-order chi connectivity index (χ1) is 8.61. The van der Waals surface area contributed by atoms with Crippen LogP contribution in [-0.2, 0) is 0 Å². The molecule has 18 heavy (non-hydrogen) atoms. The van der Waals surface area contributed by atoms with E-state index in [1.165, 1.54) is 44.1 Å². The first kappa shape index (κ1) is 13.3. The molecule has 0 bridgehead atoms. The van der Waals surface area contributed by atoms with Crippen molar-refractivity contribution in [3.05, 3.63) is 23.3 Å². The Kier molecular flexibility index (Phi) is 4.15. The standard InChI is InChI=1S/C16H26N2/c1-3-4-12-5-7-13(8-6-12)15-10-14(17)9-11(2)16(15)18/h9-10,12-13H,3-8,17-18H2,1-2H3. The normalized spacial score (nSPS) is 24.1. The van der Waals surface area contributed by atoms with Gasteiger partial charge in [0.05, 0.1) is 0 Å². The zero-order valence-corrected chi connectivity index (χ0v) is 11.7. The number of aryl methyl sites for hydroxylation is 1. The topological polar surface area (TPSA) is 52.0 Å². The van der Waals surface area contributed by atoms with Crippen molar-refractivity contribution in [1.82, 2.24) is 0 Å². The second-order valence-electron chi connectivity index (χ2n) is 5.85. The summed E-state index contributed by atoms with van der Waals surface area (Å²) in [5.41, 5.74) is 16.4. The molecule has 1 fully saturated rings. The molecule has 2 nitrogen and oxygen atoms in total. The molecule has 0 atom stereocenters. The smallest absolute Gasteiger partial charge is 0.0380 e. The highest BCUT2D eigenvalue weighted by Crippen LogP contribution is 2.40. The highest BCUT2D eigenvalue weighted by Gasteiger charge is 2.23. The average molecular weight is 246 g/mol. The van der Waals surface area contributed by atoms with Crippen LogP contribution in [0.4, 0.5) is 11.4 Å². The lowest BCUT2D eigenvalue weighted by atomic mass is 9.76. The van der Waals surface area contributed by atoms with Crippen LogP contribution in [0.15, 0.2) is 12.1 Å². The fourth-order valence-corrected chi connectivity index (χ4v) is 3.36. The van der Waals surface area contributed by atoms with E-state index in [0.29, 0.717) is 5.92 Å². The van der Waals surface area contributed by atoms with Gasteiger partial charge in [0, 0.05) is 11.4 Å². The molecule has 0 aliphatic heterocycles. The number of anilines is 2. The van der Waals surface area contributed by atoms with Crippen molar-refractivity contribution in [2.45, 2.75) is 58.3 Å². The molecular weight excluding hydrogens is 220 g/mol. The predicted molar refractivity (Wildman–Crippen MR) is 79.6 cm³/mol. The second-order valence-corrected chi connectivity index (χ2v) is 5.85. The predicted octanol–water partition coefficient (Wildman–Crippen LogP) is 4.23. The third-order valence-electron chi connectivity index (χ3n) is 4.42. The van der Waals surface area contributed by atoms with E-state index in [1.54, 1.807) is 0 Å². The van der Waals surface area contributed by atoms with Gasteiger partial charge < -0.3 is 11.5 Å². The van der Waals surface area contributed by atoms with E-state index in [0.717, 1.165) is 22.9 Å². The van der Waals surface area contributed by atoms with Gasteiger partial charge in [-0.05, 0) is 67.7 Å². The molecule has 0 amide bonds. The Bertz CT molecular complexity index is 404. The van der Waals surface area contributed by atoms with E-state index in [-0.39, 0.29) is 0 Å². The number of hydrogen-bond donors (Lipinski definition) is 2. The average Bonchev–Trinajstić information content (AvgIpc) is 2.35. The highest BCUT2D eigenvalue weighted by atomic mass is 14.6. The van der Waals surface area contributed by atoms with Crippen molar-refractivity contribution in [3.8, 4) is 0 Å². The number of benzene rings is 1. The van der Waals surface area contributed by atoms with Gasteiger partial charge in [-0.3, -0.25) is 0 Å². The van der Waals surface area contributed by atoms with Crippen molar-refractivity contribution in [2.24, 2.45) is 5.92 Å². The van der Waals surface area contributed by atoms with Crippen LogP contribution in [0.3, 0.4) is 0 Å². The summed E-state index contributed by atoms with van der Waals surface area (Å²) in [6.07, 6.45) is 7.96. The van der Waals surface area contributed by atoms with Crippen molar-refractivity contribution in [1.29, 1.82) is 0 Å². The molecule has 2 heteroatoms. The van der Waals surface area contributed by atoms with Gasteiger partial charge in [-0.15, -0.1) is 0 Å². The van der Waals surface area contributed by atoms with Crippen LogP contribution in [-0.4, -0.2) is 0 Å². The largest absolute Gasteiger partial charge is 0.399 e. The minimum absolute atomic E-state index is 0.625. The number of rotatable bonds is 3. The molecule has 0 heterocycles. The van der Waals surface area contributed by atoms with E-state index < -0.39 is 0 Å². The minimum atomic E-state index is 0.625. The summed E-state index contributed by atoms with van der Waals surface area (Å²) in [5, 5.41) is 0. The first-order valence-electron chi connectivity index (χ1n) is 7.27. The first-order valence-corrected chi connectivity index (χ1v) is 7.27. The van der Waals surface area contributed by atoms with Crippen LogP contribution in [0.25, 0.3) is 0 Å².